The smallest absolute Gasteiger partial charge is 0.157 e. The Hall–Kier alpha value is -0.880. The molecule has 0 aromatic carbocycles. The summed E-state index contributed by atoms with van der Waals surface area (Å²) in [5.74, 6) is 0.254. The van der Waals surface area contributed by atoms with Crippen molar-refractivity contribution in [3.05, 3.63) is 18.7 Å². The van der Waals surface area contributed by atoms with E-state index in [4.69, 9.17) is 0 Å². The molecular weight excluding hydrogens is 250 g/mol. The molecule has 0 bridgehead atoms. The molecule has 0 spiro atoms. The lowest BCUT2D eigenvalue weighted by atomic mass is 10.1. The number of rotatable bonds is 2. The van der Waals surface area contributed by atoms with Crippen molar-refractivity contribution in [3.8, 4) is 0 Å². The first-order valence-corrected chi connectivity index (χ1v) is 7.93. The zero-order valence-electron chi connectivity index (χ0n) is 11.2. The zero-order valence-corrected chi connectivity index (χ0v) is 12.0. The molecule has 1 aliphatic heterocycles. The van der Waals surface area contributed by atoms with E-state index in [1.165, 1.54) is 0 Å². The van der Waals surface area contributed by atoms with Gasteiger partial charge in [-0.1, -0.05) is 0 Å². The maximum absolute atomic E-state index is 12.1. The van der Waals surface area contributed by atoms with Crippen LogP contribution in [-0.4, -0.2) is 52.5 Å². The van der Waals surface area contributed by atoms with Gasteiger partial charge in [0.15, 0.2) is 9.84 Å². The van der Waals surface area contributed by atoms with Crippen LogP contribution in [-0.2, 0) is 16.4 Å². The molecule has 5 nitrogen and oxygen atoms in total. The highest BCUT2D eigenvalue weighted by atomic mass is 32.2. The van der Waals surface area contributed by atoms with Gasteiger partial charge in [-0.3, -0.25) is 4.90 Å². The highest BCUT2D eigenvalue weighted by Gasteiger charge is 2.36. The summed E-state index contributed by atoms with van der Waals surface area (Å²) in [5, 5.41) is -0.334. The molecule has 1 fully saturated rings. The molecule has 1 aromatic rings. The van der Waals surface area contributed by atoms with Gasteiger partial charge in [0.25, 0.3) is 0 Å². The molecule has 2 rings (SSSR count). The van der Waals surface area contributed by atoms with Gasteiger partial charge in [-0.25, -0.2) is 13.4 Å². The molecule has 0 aliphatic carbocycles. The Morgan fingerprint density at radius 1 is 1.39 bits per heavy atom. The fourth-order valence-corrected chi connectivity index (χ4v) is 3.88. The van der Waals surface area contributed by atoms with Gasteiger partial charge in [-0.15, -0.1) is 0 Å². The van der Waals surface area contributed by atoms with Crippen molar-refractivity contribution in [2.45, 2.75) is 38.1 Å². The fourth-order valence-electron chi connectivity index (χ4n) is 2.27. The Bertz CT molecular complexity index is 488. The second-order valence-electron chi connectivity index (χ2n) is 5.87. The minimum absolute atomic E-state index is 0.0170. The maximum Gasteiger partial charge on any atom is 0.157 e. The number of hydrogen-bond donors (Lipinski definition) is 0. The third-order valence-electron chi connectivity index (χ3n) is 3.50. The minimum Gasteiger partial charge on any atom is -0.336 e. The van der Waals surface area contributed by atoms with E-state index in [1.54, 1.807) is 12.5 Å². The van der Waals surface area contributed by atoms with Crippen molar-refractivity contribution in [3.63, 3.8) is 0 Å². The van der Waals surface area contributed by atoms with Crippen LogP contribution in [0.2, 0.25) is 0 Å². The van der Waals surface area contributed by atoms with Crippen molar-refractivity contribution in [2.75, 3.05) is 18.8 Å². The highest BCUT2D eigenvalue weighted by Crippen LogP contribution is 2.21. The normalized spacial score (nSPS) is 25.2. The molecule has 0 amide bonds. The molecule has 0 saturated carbocycles. The van der Waals surface area contributed by atoms with E-state index >= 15 is 0 Å². The number of imidazole rings is 1. The van der Waals surface area contributed by atoms with Gasteiger partial charge in [0.1, 0.15) is 0 Å². The van der Waals surface area contributed by atoms with Gasteiger partial charge in [0.05, 0.1) is 17.3 Å². The number of nitrogens with zero attached hydrogens (tertiary/aromatic N) is 3. The molecule has 0 radical (unpaired) electrons. The third kappa shape index (κ3) is 2.92. The average molecular weight is 271 g/mol. The predicted molar refractivity (Wildman–Crippen MR) is 71.1 cm³/mol. The summed E-state index contributed by atoms with van der Waals surface area (Å²) in [7, 11) is -2.98. The number of hydrogen-bond acceptors (Lipinski definition) is 4. The Kier molecular flexibility index (Phi) is 3.51. The van der Waals surface area contributed by atoms with E-state index in [0.29, 0.717) is 19.6 Å². The summed E-state index contributed by atoms with van der Waals surface area (Å²) in [6.45, 7) is 8.10. The largest absolute Gasteiger partial charge is 0.336 e. The molecule has 1 unspecified atom stereocenters. The summed E-state index contributed by atoms with van der Waals surface area (Å²) < 4.78 is 26.1. The van der Waals surface area contributed by atoms with Crippen LogP contribution < -0.4 is 0 Å². The fraction of sp³-hybridized carbons (Fsp3) is 0.750. The van der Waals surface area contributed by atoms with Crippen LogP contribution in [0.1, 0.15) is 20.8 Å². The van der Waals surface area contributed by atoms with Gasteiger partial charge >= 0.3 is 0 Å². The first-order chi connectivity index (χ1) is 8.29. The molecular formula is C12H21N3O2S. The Morgan fingerprint density at radius 3 is 2.67 bits per heavy atom. The molecule has 1 aromatic heterocycles. The predicted octanol–water partition coefficient (Wildman–Crippen LogP) is 0.781. The second-order valence-corrected chi connectivity index (χ2v) is 8.27. The first kappa shape index (κ1) is 13.5. The lowest BCUT2D eigenvalue weighted by molar-refractivity contribution is 0.136. The van der Waals surface area contributed by atoms with E-state index in [9.17, 15) is 8.42 Å². The minimum atomic E-state index is -2.98. The SMILES string of the molecule is CC(C)(C)N1CCS(=O)(=O)C(Cn2ccnc2)C1. The maximum atomic E-state index is 12.1. The van der Waals surface area contributed by atoms with Gasteiger partial charge in [0.2, 0.25) is 0 Å². The Labute approximate surface area is 109 Å². The lowest BCUT2D eigenvalue weighted by Gasteiger charge is -2.41. The molecule has 2 heterocycles. The van der Waals surface area contributed by atoms with Gasteiger partial charge < -0.3 is 4.57 Å². The summed E-state index contributed by atoms with van der Waals surface area (Å²) in [5.41, 5.74) is 0.0170. The van der Waals surface area contributed by atoms with E-state index in [1.807, 2.05) is 10.8 Å². The van der Waals surface area contributed by atoms with Crippen LogP contribution in [0.15, 0.2) is 18.7 Å². The summed E-state index contributed by atoms with van der Waals surface area (Å²) in [6.07, 6.45) is 5.16. The topological polar surface area (TPSA) is 55.2 Å². The van der Waals surface area contributed by atoms with Crippen LogP contribution in [0.4, 0.5) is 0 Å². The monoisotopic (exact) mass is 271 g/mol. The number of aromatic nitrogens is 2. The summed E-state index contributed by atoms with van der Waals surface area (Å²) >= 11 is 0. The van der Waals surface area contributed by atoms with Crippen LogP contribution in [0, 0.1) is 0 Å². The van der Waals surface area contributed by atoms with Gasteiger partial charge in [-0.2, -0.15) is 0 Å². The van der Waals surface area contributed by atoms with Crippen molar-refractivity contribution in [2.24, 2.45) is 0 Å². The van der Waals surface area contributed by atoms with E-state index in [0.717, 1.165) is 0 Å². The van der Waals surface area contributed by atoms with E-state index in [2.05, 4.69) is 30.7 Å². The molecule has 0 N–H and O–H groups in total. The van der Waals surface area contributed by atoms with Crippen molar-refractivity contribution in [1.82, 2.24) is 14.5 Å². The molecule has 1 saturated heterocycles. The van der Waals surface area contributed by atoms with Crippen LogP contribution in [0.25, 0.3) is 0 Å². The second kappa shape index (κ2) is 4.66. The Morgan fingerprint density at radius 2 is 2.11 bits per heavy atom. The molecule has 18 heavy (non-hydrogen) atoms. The van der Waals surface area contributed by atoms with Crippen molar-refractivity contribution in [1.29, 1.82) is 0 Å². The first-order valence-electron chi connectivity index (χ1n) is 6.21. The average Bonchev–Trinajstić information content (AvgIpc) is 2.72. The number of sulfone groups is 1. The lowest BCUT2D eigenvalue weighted by Crippen LogP contribution is -2.54. The van der Waals surface area contributed by atoms with Crippen molar-refractivity contribution < 1.29 is 8.42 Å². The van der Waals surface area contributed by atoms with Crippen LogP contribution in [0.3, 0.4) is 0 Å². The standard InChI is InChI=1S/C12H21N3O2S/c1-12(2,3)15-6-7-18(16,17)11(9-15)8-14-5-4-13-10-14/h4-5,10-11H,6-9H2,1-3H3. The van der Waals surface area contributed by atoms with Gasteiger partial charge in [-0.05, 0) is 20.8 Å². The Balaban J connectivity index is 2.14. The van der Waals surface area contributed by atoms with E-state index in [-0.39, 0.29) is 16.5 Å². The molecule has 1 atom stereocenters. The molecule has 1 aliphatic rings. The van der Waals surface area contributed by atoms with Crippen LogP contribution >= 0.6 is 0 Å². The van der Waals surface area contributed by atoms with Gasteiger partial charge in [0, 0.05) is 37.6 Å². The summed E-state index contributed by atoms with van der Waals surface area (Å²) in [6, 6.07) is 0. The third-order valence-corrected chi connectivity index (χ3v) is 5.57. The zero-order chi connectivity index (χ0) is 13.4. The molecule has 102 valence electrons. The highest BCUT2D eigenvalue weighted by molar-refractivity contribution is 7.92. The van der Waals surface area contributed by atoms with E-state index < -0.39 is 9.84 Å². The van der Waals surface area contributed by atoms with Crippen molar-refractivity contribution >= 4 is 9.84 Å². The quantitative estimate of drug-likeness (QED) is 0.797. The van der Waals surface area contributed by atoms with Crippen LogP contribution in [0.5, 0.6) is 0 Å². The molecule has 6 heteroatoms. The summed E-state index contributed by atoms with van der Waals surface area (Å²) in [4.78, 5) is 6.20.